The molecule has 80 valence electrons. The lowest BCUT2D eigenvalue weighted by Gasteiger charge is -2.04. The van der Waals surface area contributed by atoms with E-state index in [2.05, 4.69) is 9.98 Å². The van der Waals surface area contributed by atoms with Gasteiger partial charge in [-0.25, -0.2) is 9.98 Å². The number of allylic oxidation sites excluding steroid dienone is 1. The number of dihydropyridines is 1. The van der Waals surface area contributed by atoms with Crippen LogP contribution in [0.1, 0.15) is 5.56 Å². The van der Waals surface area contributed by atoms with Gasteiger partial charge in [0.25, 0.3) is 5.91 Å². The van der Waals surface area contributed by atoms with E-state index in [9.17, 15) is 4.79 Å². The van der Waals surface area contributed by atoms with Crippen molar-refractivity contribution < 1.29 is 9.21 Å². The number of fused-ring (bicyclic) bond motifs is 5. The van der Waals surface area contributed by atoms with Gasteiger partial charge in [-0.2, -0.15) is 0 Å². The highest BCUT2D eigenvalue weighted by Gasteiger charge is 2.29. The van der Waals surface area contributed by atoms with Gasteiger partial charge in [0.1, 0.15) is 11.3 Å². The summed E-state index contributed by atoms with van der Waals surface area (Å²) in [6.45, 7) is 0. The van der Waals surface area contributed by atoms with Crippen LogP contribution in [-0.4, -0.2) is 17.8 Å². The van der Waals surface area contributed by atoms with Crippen LogP contribution in [0.5, 0.6) is 0 Å². The molecule has 0 aliphatic carbocycles. The Hall–Kier alpha value is -2.49. The van der Waals surface area contributed by atoms with E-state index in [0.29, 0.717) is 5.71 Å². The minimum absolute atomic E-state index is 0.282. The average Bonchev–Trinajstić information content (AvgIpc) is 2.91. The fourth-order valence-corrected chi connectivity index (χ4v) is 2.27. The summed E-state index contributed by atoms with van der Waals surface area (Å²) in [5.41, 5.74) is 3.84. The lowest BCUT2D eigenvalue weighted by atomic mass is 9.98. The molecule has 2 aliphatic heterocycles. The maximum absolute atomic E-state index is 11.6. The number of carbonyl (C=O) groups is 1. The second-order valence-electron chi connectivity index (χ2n) is 3.92. The fourth-order valence-electron chi connectivity index (χ4n) is 2.27. The number of aliphatic imine (C=N–C) groups is 2. The normalized spacial score (nSPS) is 16.8. The first-order valence-electron chi connectivity index (χ1n) is 5.23. The molecular weight excluding hydrogens is 216 g/mol. The highest BCUT2D eigenvalue weighted by Crippen LogP contribution is 2.41. The quantitative estimate of drug-likeness (QED) is 0.687. The Morgan fingerprint density at radius 2 is 2.12 bits per heavy atom. The molecule has 4 nitrogen and oxygen atoms in total. The first kappa shape index (κ1) is 8.64. The van der Waals surface area contributed by atoms with Crippen molar-refractivity contribution in [2.75, 3.05) is 0 Å². The van der Waals surface area contributed by atoms with Gasteiger partial charge in [0, 0.05) is 22.7 Å². The molecule has 0 unspecified atom stereocenters. The molecule has 0 fully saturated rings. The Labute approximate surface area is 96.0 Å². The predicted molar refractivity (Wildman–Crippen MR) is 64.8 cm³/mol. The van der Waals surface area contributed by atoms with Crippen LogP contribution < -0.4 is 0 Å². The molecule has 0 atom stereocenters. The zero-order valence-corrected chi connectivity index (χ0v) is 8.68. The highest BCUT2D eigenvalue weighted by molar-refractivity contribution is 6.61. The minimum Gasteiger partial charge on any atom is -0.464 e. The zero-order valence-electron chi connectivity index (χ0n) is 8.68. The SMILES string of the molecule is O=C1N=CC=C2C1=Nc1ccc3occc3c12. The summed E-state index contributed by atoms with van der Waals surface area (Å²) in [5, 5.41) is 0.982. The van der Waals surface area contributed by atoms with E-state index in [-0.39, 0.29) is 5.91 Å². The number of hydrogen-bond acceptors (Lipinski definition) is 3. The van der Waals surface area contributed by atoms with E-state index in [1.54, 1.807) is 6.26 Å². The van der Waals surface area contributed by atoms with Crippen molar-refractivity contribution in [2.24, 2.45) is 9.98 Å². The largest absolute Gasteiger partial charge is 0.464 e. The molecule has 2 aromatic rings. The van der Waals surface area contributed by atoms with Crippen LogP contribution in [0.15, 0.2) is 44.9 Å². The van der Waals surface area contributed by atoms with Gasteiger partial charge in [-0.05, 0) is 24.3 Å². The molecule has 17 heavy (non-hydrogen) atoms. The number of rotatable bonds is 0. The van der Waals surface area contributed by atoms with E-state index in [0.717, 1.165) is 27.8 Å². The van der Waals surface area contributed by atoms with Crippen LogP contribution >= 0.6 is 0 Å². The maximum Gasteiger partial charge on any atom is 0.296 e. The summed E-state index contributed by atoms with van der Waals surface area (Å²) in [7, 11) is 0. The number of benzene rings is 1. The Morgan fingerprint density at radius 1 is 1.18 bits per heavy atom. The second-order valence-corrected chi connectivity index (χ2v) is 3.92. The van der Waals surface area contributed by atoms with Crippen molar-refractivity contribution >= 4 is 40.1 Å². The number of furan rings is 1. The zero-order chi connectivity index (χ0) is 11.4. The smallest absolute Gasteiger partial charge is 0.296 e. The molecule has 0 bridgehead atoms. The van der Waals surface area contributed by atoms with Crippen molar-refractivity contribution in [3.63, 3.8) is 0 Å². The monoisotopic (exact) mass is 222 g/mol. The second kappa shape index (κ2) is 2.79. The molecule has 1 aromatic heterocycles. The minimum atomic E-state index is -0.282. The highest BCUT2D eigenvalue weighted by atomic mass is 16.3. The van der Waals surface area contributed by atoms with E-state index >= 15 is 0 Å². The fraction of sp³-hybridized carbons (Fsp3) is 0. The lowest BCUT2D eigenvalue weighted by molar-refractivity contribution is -0.111. The van der Waals surface area contributed by atoms with Gasteiger partial charge in [-0.3, -0.25) is 4.79 Å². The number of hydrogen-bond donors (Lipinski definition) is 0. The number of nitrogens with zero attached hydrogens (tertiary/aromatic N) is 2. The Morgan fingerprint density at radius 3 is 3.06 bits per heavy atom. The van der Waals surface area contributed by atoms with Gasteiger partial charge in [0.2, 0.25) is 0 Å². The average molecular weight is 222 g/mol. The standard InChI is InChI=1S/C13H6N2O2/c16-13-12-8(3-5-14-13)11-7-4-6-17-10(7)2-1-9(11)15-12/h1-6H. The third-order valence-corrected chi connectivity index (χ3v) is 3.01. The first-order chi connectivity index (χ1) is 8.34. The van der Waals surface area contributed by atoms with E-state index in [1.165, 1.54) is 6.21 Å². The lowest BCUT2D eigenvalue weighted by Crippen LogP contribution is -2.13. The van der Waals surface area contributed by atoms with Crippen molar-refractivity contribution in [3.8, 4) is 0 Å². The van der Waals surface area contributed by atoms with Crippen molar-refractivity contribution in [1.29, 1.82) is 0 Å². The van der Waals surface area contributed by atoms with E-state index < -0.39 is 0 Å². The van der Waals surface area contributed by atoms with Crippen LogP contribution in [0.4, 0.5) is 5.69 Å². The molecule has 1 aromatic carbocycles. The first-order valence-corrected chi connectivity index (χ1v) is 5.23. The third kappa shape index (κ3) is 0.990. The summed E-state index contributed by atoms with van der Waals surface area (Å²) in [4.78, 5) is 19.7. The molecule has 1 amide bonds. The molecule has 2 aliphatic rings. The summed E-state index contributed by atoms with van der Waals surface area (Å²) in [6, 6.07) is 5.62. The summed E-state index contributed by atoms with van der Waals surface area (Å²) in [6.07, 6.45) is 4.98. The van der Waals surface area contributed by atoms with Gasteiger partial charge >= 0.3 is 0 Å². The van der Waals surface area contributed by atoms with Gasteiger partial charge in [-0.1, -0.05) is 0 Å². The molecule has 4 heteroatoms. The van der Waals surface area contributed by atoms with Crippen LogP contribution in [0.2, 0.25) is 0 Å². The van der Waals surface area contributed by atoms with Crippen molar-refractivity contribution in [3.05, 3.63) is 36.1 Å². The molecule has 0 radical (unpaired) electrons. The van der Waals surface area contributed by atoms with Crippen LogP contribution in [0, 0.1) is 0 Å². The summed E-state index contributed by atoms with van der Waals surface area (Å²) >= 11 is 0. The Balaban J connectivity index is 2.12. The van der Waals surface area contributed by atoms with E-state index in [4.69, 9.17) is 4.42 Å². The molecule has 0 saturated carbocycles. The molecule has 0 N–H and O–H groups in total. The number of carbonyl (C=O) groups excluding carboxylic acids is 1. The summed E-state index contributed by atoms with van der Waals surface area (Å²) in [5.74, 6) is -0.282. The van der Waals surface area contributed by atoms with E-state index in [1.807, 2.05) is 24.3 Å². The predicted octanol–water partition coefficient (Wildman–Crippen LogP) is 2.51. The van der Waals surface area contributed by atoms with Crippen molar-refractivity contribution in [2.45, 2.75) is 0 Å². The topological polar surface area (TPSA) is 54.9 Å². The molecular formula is C13H6N2O2. The van der Waals surface area contributed by atoms with Gasteiger partial charge in [0.05, 0.1) is 12.0 Å². The van der Waals surface area contributed by atoms with Crippen LogP contribution in [0.3, 0.4) is 0 Å². The van der Waals surface area contributed by atoms with Gasteiger partial charge in [-0.15, -0.1) is 0 Å². The Bertz CT molecular complexity index is 763. The van der Waals surface area contributed by atoms with Gasteiger partial charge < -0.3 is 4.42 Å². The third-order valence-electron chi connectivity index (χ3n) is 3.01. The molecule has 3 heterocycles. The Kier molecular flexibility index (Phi) is 1.42. The number of amides is 1. The summed E-state index contributed by atoms with van der Waals surface area (Å²) < 4.78 is 5.35. The van der Waals surface area contributed by atoms with Crippen LogP contribution in [0.25, 0.3) is 16.5 Å². The maximum atomic E-state index is 11.6. The van der Waals surface area contributed by atoms with Crippen molar-refractivity contribution in [1.82, 2.24) is 0 Å². The van der Waals surface area contributed by atoms with Crippen LogP contribution in [-0.2, 0) is 4.79 Å². The van der Waals surface area contributed by atoms with Gasteiger partial charge in [0.15, 0.2) is 0 Å². The molecule has 0 saturated heterocycles. The molecule has 4 rings (SSSR count). The molecule has 0 spiro atoms.